The van der Waals surface area contributed by atoms with Gasteiger partial charge in [0, 0.05) is 28.0 Å². The Kier molecular flexibility index (Phi) is 3.44. The van der Waals surface area contributed by atoms with Crippen LogP contribution in [-0.2, 0) is 0 Å². The lowest BCUT2D eigenvalue weighted by atomic mass is 10.1. The molecule has 0 atom stereocenters. The van der Waals surface area contributed by atoms with Crippen LogP contribution in [0.15, 0.2) is 33.5 Å². The number of halogens is 1. The van der Waals surface area contributed by atoms with Crippen molar-refractivity contribution in [1.29, 1.82) is 0 Å². The third-order valence-electron chi connectivity index (χ3n) is 3.09. The number of aromatic nitrogens is 1. The maximum atomic E-state index is 11.5. The molecule has 3 heteroatoms. The number of hydrogen-bond acceptors (Lipinski definition) is 1. The van der Waals surface area contributed by atoms with Crippen LogP contribution in [0.1, 0.15) is 22.5 Å². The molecule has 2 nitrogen and oxygen atoms in total. The Labute approximate surface area is 115 Å². The number of hydrogen-bond donors (Lipinski definition) is 0. The molecule has 0 fully saturated rings. The van der Waals surface area contributed by atoms with E-state index in [1.807, 2.05) is 13.8 Å². The summed E-state index contributed by atoms with van der Waals surface area (Å²) in [6.45, 7) is 8.11. The van der Waals surface area contributed by atoms with Gasteiger partial charge in [-0.1, -0.05) is 15.9 Å². The number of nitrogens with zero attached hydrogens (tertiary/aromatic N) is 1. The molecule has 0 radical (unpaired) electrons. The second-order valence-electron chi connectivity index (χ2n) is 4.70. The van der Waals surface area contributed by atoms with Crippen LogP contribution in [0.5, 0.6) is 0 Å². The first kappa shape index (κ1) is 13.1. The molecule has 0 bridgehead atoms. The van der Waals surface area contributed by atoms with E-state index in [-0.39, 0.29) is 5.43 Å². The van der Waals surface area contributed by atoms with E-state index in [0.717, 1.165) is 21.5 Å². The summed E-state index contributed by atoms with van der Waals surface area (Å²) in [6.07, 6.45) is 0. The minimum Gasteiger partial charge on any atom is -0.318 e. The monoisotopic (exact) mass is 305 g/mol. The highest BCUT2D eigenvalue weighted by Crippen LogP contribution is 2.25. The lowest BCUT2D eigenvalue weighted by Gasteiger charge is -2.19. The maximum Gasteiger partial charge on any atom is 0.182 e. The van der Waals surface area contributed by atoms with Crippen molar-refractivity contribution in [1.82, 2.24) is 4.57 Å². The fourth-order valence-electron chi connectivity index (χ4n) is 2.47. The highest BCUT2D eigenvalue weighted by molar-refractivity contribution is 9.10. The van der Waals surface area contributed by atoms with Gasteiger partial charge in [0.15, 0.2) is 5.43 Å². The van der Waals surface area contributed by atoms with E-state index in [4.69, 9.17) is 0 Å². The van der Waals surface area contributed by atoms with Crippen molar-refractivity contribution >= 4 is 15.9 Å². The van der Waals surface area contributed by atoms with E-state index < -0.39 is 0 Å². The van der Waals surface area contributed by atoms with E-state index in [9.17, 15) is 4.79 Å². The second kappa shape index (κ2) is 4.73. The van der Waals surface area contributed by atoms with Crippen LogP contribution in [0.2, 0.25) is 0 Å². The SMILES string of the molecule is Cc1cc(Br)cc(C)c1-n1c(C)cc(=O)cc1C. The molecule has 0 N–H and O–H groups in total. The van der Waals surface area contributed by atoms with Crippen LogP contribution in [0.3, 0.4) is 0 Å². The molecule has 0 saturated heterocycles. The highest BCUT2D eigenvalue weighted by atomic mass is 79.9. The Balaban J connectivity index is 2.82. The van der Waals surface area contributed by atoms with Crippen LogP contribution in [-0.4, -0.2) is 4.57 Å². The average Bonchev–Trinajstić information content (AvgIpc) is 2.20. The van der Waals surface area contributed by atoms with Gasteiger partial charge in [0.1, 0.15) is 0 Å². The minimum atomic E-state index is 0.0636. The van der Waals surface area contributed by atoms with Crippen molar-refractivity contribution in [3.05, 3.63) is 61.5 Å². The lowest BCUT2D eigenvalue weighted by molar-refractivity contribution is 0.904. The summed E-state index contributed by atoms with van der Waals surface area (Å²) in [4.78, 5) is 11.5. The Morgan fingerprint density at radius 3 is 1.78 bits per heavy atom. The normalized spacial score (nSPS) is 10.7. The number of benzene rings is 1. The first-order valence-electron chi connectivity index (χ1n) is 5.87. The molecule has 0 spiro atoms. The molecule has 0 aliphatic rings. The van der Waals surface area contributed by atoms with Gasteiger partial charge >= 0.3 is 0 Å². The van der Waals surface area contributed by atoms with Crippen LogP contribution in [0.4, 0.5) is 0 Å². The van der Waals surface area contributed by atoms with Gasteiger partial charge in [0.2, 0.25) is 0 Å². The summed E-state index contributed by atoms with van der Waals surface area (Å²) in [7, 11) is 0. The summed E-state index contributed by atoms with van der Waals surface area (Å²) in [6, 6.07) is 7.54. The lowest BCUT2D eigenvalue weighted by Crippen LogP contribution is -2.13. The molecule has 1 aromatic heterocycles. The summed E-state index contributed by atoms with van der Waals surface area (Å²) in [5.41, 5.74) is 5.54. The molecule has 2 aromatic rings. The Morgan fingerprint density at radius 1 is 0.889 bits per heavy atom. The zero-order valence-electron chi connectivity index (χ0n) is 11.0. The smallest absolute Gasteiger partial charge is 0.182 e. The van der Waals surface area contributed by atoms with Crippen molar-refractivity contribution in [3.63, 3.8) is 0 Å². The van der Waals surface area contributed by atoms with Crippen molar-refractivity contribution in [2.45, 2.75) is 27.7 Å². The van der Waals surface area contributed by atoms with E-state index in [0.29, 0.717) is 0 Å². The summed E-state index contributed by atoms with van der Waals surface area (Å²) in [5.74, 6) is 0. The highest BCUT2D eigenvalue weighted by Gasteiger charge is 2.10. The first-order chi connectivity index (χ1) is 8.40. The van der Waals surface area contributed by atoms with Crippen LogP contribution in [0.25, 0.3) is 5.69 Å². The molecular weight excluding hydrogens is 290 g/mol. The largest absolute Gasteiger partial charge is 0.318 e. The molecule has 0 aliphatic carbocycles. The standard InChI is InChI=1S/C15H16BrNO/c1-9-5-13(16)6-10(2)15(9)17-11(3)7-14(18)8-12(17)4/h5-8H,1-4H3. The van der Waals surface area contributed by atoms with Gasteiger partial charge in [-0.25, -0.2) is 0 Å². The van der Waals surface area contributed by atoms with Gasteiger partial charge in [-0.3, -0.25) is 4.79 Å². The number of rotatable bonds is 1. The minimum absolute atomic E-state index is 0.0636. The van der Waals surface area contributed by atoms with E-state index in [2.05, 4.69) is 46.5 Å². The van der Waals surface area contributed by atoms with Gasteiger partial charge < -0.3 is 4.57 Å². The molecule has 94 valence electrons. The average molecular weight is 306 g/mol. The first-order valence-corrected chi connectivity index (χ1v) is 6.67. The van der Waals surface area contributed by atoms with E-state index in [1.165, 1.54) is 11.1 Å². The zero-order chi connectivity index (χ0) is 13.4. The van der Waals surface area contributed by atoms with Gasteiger partial charge in [0.25, 0.3) is 0 Å². The Bertz CT molecular complexity index is 621. The fourth-order valence-corrected chi connectivity index (χ4v) is 3.16. The fraction of sp³-hybridized carbons (Fsp3) is 0.267. The quantitative estimate of drug-likeness (QED) is 0.785. The summed E-state index contributed by atoms with van der Waals surface area (Å²) < 4.78 is 3.22. The summed E-state index contributed by atoms with van der Waals surface area (Å²) >= 11 is 3.51. The van der Waals surface area contributed by atoms with Gasteiger partial charge in [-0.15, -0.1) is 0 Å². The van der Waals surface area contributed by atoms with Crippen LogP contribution < -0.4 is 5.43 Å². The maximum absolute atomic E-state index is 11.5. The molecule has 2 rings (SSSR count). The molecule has 0 saturated carbocycles. The van der Waals surface area contributed by atoms with Gasteiger partial charge in [-0.05, 0) is 51.0 Å². The topological polar surface area (TPSA) is 22.0 Å². The second-order valence-corrected chi connectivity index (χ2v) is 5.61. The van der Waals surface area contributed by atoms with E-state index >= 15 is 0 Å². The molecule has 1 heterocycles. The van der Waals surface area contributed by atoms with Crippen LogP contribution >= 0.6 is 15.9 Å². The third-order valence-corrected chi connectivity index (χ3v) is 3.54. The van der Waals surface area contributed by atoms with Gasteiger partial charge in [0.05, 0.1) is 5.69 Å². The van der Waals surface area contributed by atoms with Crippen molar-refractivity contribution in [2.24, 2.45) is 0 Å². The predicted octanol–water partition coefficient (Wildman–Crippen LogP) is 3.83. The van der Waals surface area contributed by atoms with Gasteiger partial charge in [-0.2, -0.15) is 0 Å². The molecular formula is C15H16BrNO. The molecule has 0 amide bonds. The Morgan fingerprint density at radius 2 is 1.33 bits per heavy atom. The third kappa shape index (κ3) is 2.27. The van der Waals surface area contributed by atoms with Crippen LogP contribution in [0, 0.1) is 27.7 Å². The number of pyridine rings is 1. The van der Waals surface area contributed by atoms with Crippen molar-refractivity contribution in [2.75, 3.05) is 0 Å². The van der Waals surface area contributed by atoms with E-state index in [1.54, 1.807) is 12.1 Å². The molecule has 18 heavy (non-hydrogen) atoms. The van der Waals surface area contributed by atoms with Crippen molar-refractivity contribution in [3.8, 4) is 5.69 Å². The molecule has 0 unspecified atom stereocenters. The number of aryl methyl sites for hydroxylation is 4. The molecule has 0 aliphatic heterocycles. The Hall–Kier alpha value is -1.35. The van der Waals surface area contributed by atoms with Crippen molar-refractivity contribution < 1.29 is 0 Å². The predicted molar refractivity (Wildman–Crippen MR) is 78.7 cm³/mol. The zero-order valence-corrected chi connectivity index (χ0v) is 12.6. The molecule has 1 aromatic carbocycles. The summed E-state index contributed by atoms with van der Waals surface area (Å²) in [5, 5.41) is 0.